The average Bonchev–Trinajstić information content (AvgIpc) is 2.51. The van der Waals surface area contributed by atoms with Crippen LogP contribution in [-0.2, 0) is 12.8 Å². The molecule has 0 saturated heterocycles. The van der Waals surface area contributed by atoms with E-state index >= 15 is 0 Å². The fraction of sp³-hybridized carbons (Fsp3) is 0.222. The molecule has 0 bridgehead atoms. The maximum Gasteiger partial charge on any atom is 0.120 e. The standard InChI is InChI=1S/C18H18O2/c1-3-10-20-16-7-9-18-14(12-16)5-4-13-11-15(19-2)6-8-17(13)18/h3,6-9,11-12H,1,4-5,10H2,2H3. The van der Waals surface area contributed by atoms with Gasteiger partial charge in [0.25, 0.3) is 0 Å². The lowest BCUT2D eigenvalue weighted by atomic mass is 9.85. The summed E-state index contributed by atoms with van der Waals surface area (Å²) in [5.41, 5.74) is 5.32. The Morgan fingerprint density at radius 1 is 1.00 bits per heavy atom. The quantitative estimate of drug-likeness (QED) is 0.778. The minimum Gasteiger partial charge on any atom is -0.497 e. The van der Waals surface area contributed by atoms with Gasteiger partial charge in [0.2, 0.25) is 0 Å². The first-order valence-corrected chi connectivity index (χ1v) is 6.85. The van der Waals surface area contributed by atoms with Crippen LogP contribution in [0.15, 0.2) is 49.1 Å². The Kier molecular flexibility index (Phi) is 3.46. The second-order valence-electron chi connectivity index (χ2n) is 4.94. The summed E-state index contributed by atoms with van der Waals surface area (Å²) in [4.78, 5) is 0. The molecule has 0 unspecified atom stereocenters. The van der Waals surface area contributed by atoms with E-state index in [0.717, 1.165) is 24.3 Å². The van der Waals surface area contributed by atoms with E-state index in [2.05, 4.69) is 30.8 Å². The summed E-state index contributed by atoms with van der Waals surface area (Å²) in [5, 5.41) is 0. The van der Waals surface area contributed by atoms with Gasteiger partial charge >= 0.3 is 0 Å². The maximum absolute atomic E-state index is 5.61. The van der Waals surface area contributed by atoms with Gasteiger partial charge in [-0.05, 0) is 59.4 Å². The number of hydrogen-bond donors (Lipinski definition) is 0. The van der Waals surface area contributed by atoms with Crippen molar-refractivity contribution in [2.45, 2.75) is 12.8 Å². The summed E-state index contributed by atoms with van der Waals surface area (Å²) in [5.74, 6) is 1.85. The van der Waals surface area contributed by atoms with Crippen LogP contribution in [0.2, 0.25) is 0 Å². The lowest BCUT2D eigenvalue weighted by Gasteiger charge is -2.21. The van der Waals surface area contributed by atoms with Gasteiger partial charge in [-0.15, -0.1) is 0 Å². The van der Waals surface area contributed by atoms with Crippen LogP contribution in [0.5, 0.6) is 11.5 Å². The van der Waals surface area contributed by atoms with Crippen molar-refractivity contribution in [3.8, 4) is 22.6 Å². The van der Waals surface area contributed by atoms with Crippen molar-refractivity contribution in [1.82, 2.24) is 0 Å². The summed E-state index contributed by atoms with van der Waals surface area (Å²) in [7, 11) is 1.71. The molecule has 0 aromatic heterocycles. The van der Waals surface area contributed by atoms with Crippen molar-refractivity contribution in [1.29, 1.82) is 0 Å². The van der Waals surface area contributed by atoms with Crippen molar-refractivity contribution >= 4 is 0 Å². The SMILES string of the molecule is C=CCOc1ccc2c(c1)CCc1cc(OC)ccc1-2. The summed E-state index contributed by atoms with van der Waals surface area (Å²) >= 11 is 0. The van der Waals surface area contributed by atoms with Crippen LogP contribution in [0.1, 0.15) is 11.1 Å². The molecule has 3 rings (SSSR count). The summed E-state index contributed by atoms with van der Waals surface area (Å²) < 4.78 is 10.9. The number of benzene rings is 2. The highest BCUT2D eigenvalue weighted by molar-refractivity contribution is 5.74. The van der Waals surface area contributed by atoms with Gasteiger partial charge in [-0.3, -0.25) is 0 Å². The Labute approximate surface area is 119 Å². The third kappa shape index (κ3) is 2.29. The summed E-state index contributed by atoms with van der Waals surface area (Å²) in [6.45, 7) is 4.22. The molecule has 0 amide bonds. The molecular weight excluding hydrogens is 248 g/mol. The van der Waals surface area contributed by atoms with Crippen molar-refractivity contribution in [2.75, 3.05) is 13.7 Å². The second kappa shape index (κ2) is 5.41. The van der Waals surface area contributed by atoms with Gasteiger partial charge in [-0.2, -0.15) is 0 Å². The summed E-state index contributed by atoms with van der Waals surface area (Å²) in [6, 6.07) is 12.6. The fourth-order valence-electron chi connectivity index (χ4n) is 2.72. The monoisotopic (exact) mass is 266 g/mol. The number of hydrogen-bond acceptors (Lipinski definition) is 2. The first-order chi connectivity index (χ1) is 9.81. The smallest absolute Gasteiger partial charge is 0.120 e. The number of methoxy groups -OCH3 is 1. The van der Waals surface area contributed by atoms with Crippen LogP contribution in [0.25, 0.3) is 11.1 Å². The minimum absolute atomic E-state index is 0.548. The second-order valence-corrected chi connectivity index (χ2v) is 4.94. The van der Waals surface area contributed by atoms with E-state index in [1.165, 1.54) is 22.3 Å². The molecule has 0 saturated carbocycles. The lowest BCUT2D eigenvalue weighted by molar-refractivity contribution is 0.363. The molecule has 0 spiro atoms. The molecule has 1 aliphatic rings. The van der Waals surface area contributed by atoms with Crippen molar-refractivity contribution < 1.29 is 9.47 Å². The van der Waals surface area contributed by atoms with Crippen LogP contribution in [-0.4, -0.2) is 13.7 Å². The van der Waals surface area contributed by atoms with Crippen molar-refractivity contribution in [3.05, 3.63) is 60.2 Å². The molecule has 102 valence electrons. The molecule has 0 fully saturated rings. The van der Waals surface area contributed by atoms with Crippen LogP contribution in [0, 0.1) is 0 Å². The zero-order valence-electron chi connectivity index (χ0n) is 11.7. The van der Waals surface area contributed by atoms with Gasteiger partial charge < -0.3 is 9.47 Å². The third-order valence-electron chi connectivity index (χ3n) is 3.71. The molecule has 0 heterocycles. The highest BCUT2D eigenvalue weighted by Gasteiger charge is 2.17. The summed E-state index contributed by atoms with van der Waals surface area (Å²) in [6.07, 6.45) is 3.85. The van der Waals surface area contributed by atoms with E-state index in [1.54, 1.807) is 13.2 Å². The molecule has 0 atom stereocenters. The average molecular weight is 266 g/mol. The molecule has 1 aliphatic carbocycles. The Morgan fingerprint density at radius 2 is 1.60 bits per heavy atom. The van der Waals surface area contributed by atoms with Crippen LogP contribution in [0.3, 0.4) is 0 Å². The lowest BCUT2D eigenvalue weighted by Crippen LogP contribution is -2.05. The number of fused-ring (bicyclic) bond motifs is 3. The molecule has 0 radical (unpaired) electrons. The van der Waals surface area contributed by atoms with Gasteiger partial charge in [-0.25, -0.2) is 0 Å². The van der Waals surface area contributed by atoms with E-state index < -0.39 is 0 Å². The number of rotatable bonds is 4. The molecule has 2 aromatic carbocycles. The Bertz CT molecular complexity index is 644. The van der Waals surface area contributed by atoms with E-state index in [9.17, 15) is 0 Å². The first-order valence-electron chi connectivity index (χ1n) is 6.85. The third-order valence-corrected chi connectivity index (χ3v) is 3.71. The fourth-order valence-corrected chi connectivity index (χ4v) is 2.72. The molecule has 20 heavy (non-hydrogen) atoms. The molecule has 0 N–H and O–H groups in total. The molecule has 0 aliphatic heterocycles. The number of ether oxygens (including phenoxy) is 2. The zero-order valence-corrected chi connectivity index (χ0v) is 11.7. The predicted octanol–water partition coefficient (Wildman–Crippen LogP) is 4.03. The van der Waals surface area contributed by atoms with Crippen molar-refractivity contribution in [2.24, 2.45) is 0 Å². The van der Waals surface area contributed by atoms with Crippen LogP contribution < -0.4 is 9.47 Å². The zero-order chi connectivity index (χ0) is 13.9. The molecule has 2 heteroatoms. The van der Waals surface area contributed by atoms with Gasteiger partial charge in [-0.1, -0.05) is 24.8 Å². The Hall–Kier alpha value is -2.22. The molecule has 2 aromatic rings. The van der Waals surface area contributed by atoms with E-state index in [1.807, 2.05) is 12.1 Å². The van der Waals surface area contributed by atoms with E-state index in [4.69, 9.17) is 9.47 Å². The predicted molar refractivity (Wildman–Crippen MR) is 81.5 cm³/mol. The Morgan fingerprint density at radius 3 is 2.20 bits per heavy atom. The molecular formula is C18H18O2. The van der Waals surface area contributed by atoms with Crippen molar-refractivity contribution in [3.63, 3.8) is 0 Å². The van der Waals surface area contributed by atoms with Gasteiger partial charge in [0, 0.05) is 0 Å². The normalized spacial score (nSPS) is 12.2. The van der Waals surface area contributed by atoms with E-state index in [0.29, 0.717) is 6.61 Å². The van der Waals surface area contributed by atoms with Crippen LogP contribution >= 0.6 is 0 Å². The van der Waals surface area contributed by atoms with Gasteiger partial charge in [0.1, 0.15) is 18.1 Å². The van der Waals surface area contributed by atoms with Gasteiger partial charge in [0.05, 0.1) is 7.11 Å². The van der Waals surface area contributed by atoms with Crippen LogP contribution in [0.4, 0.5) is 0 Å². The van der Waals surface area contributed by atoms with Gasteiger partial charge in [0.15, 0.2) is 0 Å². The Balaban J connectivity index is 1.98. The highest BCUT2D eigenvalue weighted by Crippen LogP contribution is 2.36. The minimum atomic E-state index is 0.548. The maximum atomic E-state index is 5.61. The van der Waals surface area contributed by atoms with E-state index in [-0.39, 0.29) is 0 Å². The highest BCUT2D eigenvalue weighted by atomic mass is 16.5. The number of aryl methyl sites for hydroxylation is 2. The molecule has 2 nitrogen and oxygen atoms in total. The topological polar surface area (TPSA) is 18.5 Å². The first kappa shape index (κ1) is 12.8. The largest absolute Gasteiger partial charge is 0.497 e.